The number of hydrogen-bond donors (Lipinski definition) is 1. The van der Waals surface area contributed by atoms with E-state index in [1.54, 1.807) is 17.4 Å². The molecule has 1 aromatic heterocycles. The van der Waals surface area contributed by atoms with Gasteiger partial charge in [0.25, 0.3) is 0 Å². The Hall–Kier alpha value is -1.56. The van der Waals surface area contributed by atoms with Crippen LogP contribution >= 0.6 is 0 Å². The summed E-state index contributed by atoms with van der Waals surface area (Å²) in [5, 5.41) is 2.95. The van der Waals surface area contributed by atoms with Gasteiger partial charge in [0.2, 0.25) is 0 Å². The van der Waals surface area contributed by atoms with E-state index in [-0.39, 0.29) is 11.6 Å². The molecule has 1 heterocycles. The Kier molecular flexibility index (Phi) is 4.65. The van der Waals surface area contributed by atoms with Crippen LogP contribution in [0.1, 0.15) is 19.3 Å². The minimum atomic E-state index is -0.00163. The number of likely N-dealkylation sites (N-methyl/N-ethyl adjacent to an activating group) is 2. The van der Waals surface area contributed by atoms with E-state index >= 15 is 0 Å². The van der Waals surface area contributed by atoms with Crippen molar-refractivity contribution in [2.24, 2.45) is 0 Å². The summed E-state index contributed by atoms with van der Waals surface area (Å²) in [4.78, 5) is 20.1. The number of nitrogens with one attached hydrogen (secondary N) is 1. The Morgan fingerprint density at radius 1 is 1.40 bits per heavy atom. The molecule has 1 aliphatic carbocycles. The average Bonchev–Trinajstić information content (AvgIpc) is 2.85. The Bertz CT molecular complexity index is 425. The summed E-state index contributed by atoms with van der Waals surface area (Å²) in [7, 11) is 6.07. The van der Waals surface area contributed by atoms with Gasteiger partial charge in [-0.1, -0.05) is 0 Å². The molecule has 2 amide bonds. The molecule has 1 aromatic rings. The van der Waals surface area contributed by atoms with Gasteiger partial charge in [-0.3, -0.25) is 0 Å². The number of urea groups is 1. The fourth-order valence-corrected chi connectivity index (χ4v) is 2.69. The smallest absolute Gasteiger partial charge is 0.317 e. The normalized spacial score (nSPS) is 16.8. The quantitative estimate of drug-likeness (QED) is 0.845. The Morgan fingerprint density at radius 2 is 2.15 bits per heavy atom. The van der Waals surface area contributed by atoms with Gasteiger partial charge in [0.1, 0.15) is 0 Å². The van der Waals surface area contributed by atoms with Gasteiger partial charge >= 0.3 is 6.03 Å². The van der Waals surface area contributed by atoms with Crippen LogP contribution in [0, 0.1) is 0 Å². The molecular formula is C14H25N5O. The van der Waals surface area contributed by atoms with Gasteiger partial charge in [0.05, 0.1) is 6.33 Å². The predicted molar refractivity (Wildman–Crippen MR) is 78.5 cm³/mol. The molecular weight excluding hydrogens is 254 g/mol. The second-order valence-electron chi connectivity index (χ2n) is 5.86. The summed E-state index contributed by atoms with van der Waals surface area (Å²) in [5.74, 6) is 0. The van der Waals surface area contributed by atoms with Gasteiger partial charge in [-0.15, -0.1) is 0 Å². The number of imidazole rings is 1. The molecule has 0 spiro atoms. The van der Waals surface area contributed by atoms with Crippen LogP contribution in [-0.4, -0.2) is 65.2 Å². The highest BCUT2D eigenvalue weighted by atomic mass is 16.2. The topological polar surface area (TPSA) is 53.4 Å². The molecule has 1 saturated carbocycles. The highest BCUT2D eigenvalue weighted by Crippen LogP contribution is 2.36. The monoisotopic (exact) mass is 279 g/mol. The summed E-state index contributed by atoms with van der Waals surface area (Å²) in [6.07, 6.45) is 9.00. The van der Waals surface area contributed by atoms with Crippen molar-refractivity contribution in [1.82, 2.24) is 24.7 Å². The summed E-state index contributed by atoms with van der Waals surface area (Å²) in [6, 6.07) is -0.00163. The molecule has 1 aliphatic rings. The summed E-state index contributed by atoms with van der Waals surface area (Å²) in [6.45, 7) is 2.16. The third kappa shape index (κ3) is 3.30. The minimum absolute atomic E-state index is 0.00163. The van der Waals surface area contributed by atoms with Crippen LogP contribution in [0.15, 0.2) is 18.7 Å². The maximum absolute atomic E-state index is 12.1. The van der Waals surface area contributed by atoms with Crippen molar-refractivity contribution in [2.45, 2.75) is 31.3 Å². The molecule has 6 nitrogen and oxygen atoms in total. The largest absolute Gasteiger partial charge is 0.336 e. The van der Waals surface area contributed by atoms with E-state index in [1.807, 2.05) is 17.8 Å². The first-order valence-corrected chi connectivity index (χ1v) is 7.16. The van der Waals surface area contributed by atoms with E-state index in [0.29, 0.717) is 6.54 Å². The van der Waals surface area contributed by atoms with E-state index in [9.17, 15) is 4.79 Å². The molecule has 0 radical (unpaired) electrons. The zero-order valence-corrected chi connectivity index (χ0v) is 12.7. The van der Waals surface area contributed by atoms with Crippen molar-refractivity contribution in [3.63, 3.8) is 0 Å². The summed E-state index contributed by atoms with van der Waals surface area (Å²) < 4.78 is 1.95. The second kappa shape index (κ2) is 6.26. The van der Waals surface area contributed by atoms with Gasteiger partial charge in [-0.05, 0) is 33.4 Å². The maximum atomic E-state index is 12.1. The van der Waals surface area contributed by atoms with Crippen LogP contribution < -0.4 is 5.32 Å². The molecule has 0 unspecified atom stereocenters. The van der Waals surface area contributed by atoms with Crippen molar-refractivity contribution < 1.29 is 4.79 Å². The van der Waals surface area contributed by atoms with Crippen molar-refractivity contribution in [3.05, 3.63) is 18.7 Å². The first-order valence-electron chi connectivity index (χ1n) is 7.16. The van der Waals surface area contributed by atoms with E-state index in [4.69, 9.17) is 0 Å². The highest BCUT2D eigenvalue weighted by molar-refractivity contribution is 5.73. The lowest BCUT2D eigenvalue weighted by Crippen LogP contribution is -2.58. The standard InChI is InChI=1S/C14H25N5O/c1-17(2)14(5-4-6-14)11-18(3)13(20)16-8-10-19-9-7-15-12-19/h7,9,12H,4-6,8,10-11H2,1-3H3,(H,16,20). The number of nitrogens with zero attached hydrogens (tertiary/aromatic N) is 4. The zero-order chi connectivity index (χ0) is 14.6. The van der Waals surface area contributed by atoms with Gasteiger partial charge < -0.3 is 19.7 Å². The van der Waals surface area contributed by atoms with E-state index < -0.39 is 0 Å². The average molecular weight is 279 g/mol. The molecule has 0 atom stereocenters. The Morgan fingerprint density at radius 3 is 2.65 bits per heavy atom. The fraction of sp³-hybridized carbons (Fsp3) is 0.714. The molecule has 112 valence electrons. The van der Waals surface area contributed by atoms with Crippen molar-refractivity contribution in [1.29, 1.82) is 0 Å². The molecule has 0 aliphatic heterocycles. The highest BCUT2D eigenvalue weighted by Gasteiger charge is 2.40. The molecule has 2 rings (SSSR count). The number of hydrogen-bond acceptors (Lipinski definition) is 3. The third-order valence-electron chi connectivity index (χ3n) is 4.32. The van der Waals surface area contributed by atoms with Gasteiger partial charge in [-0.25, -0.2) is 9.78 Å². The molecule has 1 fully saturated rings. The molecule has 0 saturated heterocycles. The lowest BCUT2D eigenvalue weighted by atomic mass is 9.75. The first-order chi connectivity index (χ1) is 9.53. The molecule has 1 N–H and O–H groups in total. The van der Waals surface area contributed by atoms with Gasteiger partial charge in [0, 0.05) is 44.6 Å². The Labute approximate surface area is 120 Å². The van der Waals surface area contributed by atoms with Crippen molar-refractivity contribution in [3.8, 4) is 0 Å². The first kappa shape index (κ1) is 14.8. The minimum Gasteiger partial charge on any atom is -0.336 e. The van der Waals surface area contributed by atoms with E-state index in [2.05, 4.69) is 29.3 Å². The molecule has 6 heteroatoms. The van der Waals surface area contributed by atoms with Crippen molar-refractivity contribution >= 4 is 6.03 Å². The Balaban J connectivity index is 1.74. The van der Waals surface area contributed by atoms with Crippen LogP contribution in [0.5, 0.6) is 0 Å². The third-order valence-corrected chi connectivity index (χ3v) is 4.32. The SMILES string of the molecule is CN(CC1(N(C)C)CCC1)C(=O)NCCn1ccnc1. The van der Waals surface area contributed by atoms with Gasteiger partial charge in [-0.2, -0.15) is 0 Å². The summed E-state index contributed by atoms with van der Waals surface area (Å²) >= 11 is 0. The maximum Gasteiger partial charge on any atom is 0.317 e. The number of rotatable bonds is 6. The molecule has 20 heavy (non-hydrogen) atoms. The van der Waals surface area contributed by atoms with Crippen molar-refractivity contribution in [2.75, 3.05) is 34.2 Å². The molecule has 0 aromatic carbocycles. The van der Waals surface area contributed by atoms with Crippen LogP contribution in [0.3, 0.4) is 0 Å². The lowest BCUT2D eigenvalue weighted by molar-refractivity contribution is 0.0364. The predicted octanol–water partition coefficient (Wildman–Crippen LogP) is 1.01. The fourth-order valence-electron chi connectivity index (χ4n) is 2.69. The number of amides is 2. The number of aromatic nitrogens is 2. The summed E-state index contributed by atoms with van der Waals surface area (Å²) in [5.41, 5.74) is 0.177. The van der Waals surface area contributed by atoms with Gasteiger partial charge in [0.15, 0.2) is 0 Å². The van der Waals surface area contributed by atoms with Crippen LogP contribution in [0.4, 0.5) is 4.79 Å². The molecule has 0 bridgehead atoms. The van der Waals surface area contributed by atoms with Crippen LogP contribution in [0.2, 0.25) is 0 Å². The second-order valence-corrected chi connectivity index (χ2v) is 5.86. The number of carbonyl (C=O) groups excluding carboxylic acids is 1. The van der Waals surface area contributed by atoms with E-state index in [1.165, 1.54) is 19.3 Å². The zero-order valence-electron chi connectivity index (χ0n) is 12.7. The van der Waals surface area contributed by atoms with E-state index in [0.717, 1.165) is 13.1 Å². The van der Waals surface area contributed by atoms with Crippen LogP contribution in [-0.2, 0) is 6.54 Å². The van der Waals surface area contributed by atoms with Crippen LogP contribution in [0.25, 0.3) is 0 Å². The lowest BCUT2D eigenvalue weighted by Gasteiger charge is -2.49. The number of carbonyl (C=O) groups is 1.